The van der Waals surface area contributed by atoms with Gasteiger partial charge in [0, 0.05) is 44.4 Å². The number of hydrogen-bond donors (Lipinski definition) is 0. The van der Waals surface area contributed by atoms with Crippen LogP contribution in [0.2, 0.25) is 0 Å². The zero-order valence-corrected chi connectivity index (χ0v) is 41.8. The van der Waals surface area contributed by atoms with Crippen LogP contribution >= 0.6 is 0 Å². The molecule has 0 N–H and O–H groups in total. The number of rotatable bonds is 8. The van der Waals surface area contributed by atoms with Crippen molar-refractivity contribution in [1.29, 1.82) is 0 Å². The first-order chi connectivity index (χ1) is 35.0. The average Bonchev–Trinajstić information content (AvgIpc) is 3.78. The monoisotopic (exact) mass is 924 g/mol. The van der Waals surface area contributed by atoms with Gasteiger partial charge in [0.2, 0.25) is 0 Å². The minimum Gasteiger partial charge on any atom is -0.310 e. The molecule has 2 aliphatic carbocycles. The van der Waals surface area contributed by atoms with Crippen LogP contribution in [0.15, 0.2) is 231 Å². The molecular formula is C70H56N2. The molecule has 0 aromatic heterocycles. The fourth-order valence-electron chi connectivity index (χ4n) is 12.4. The molecule has 0 heterocycles. The molecule has 0 amide bonds. The fraction of sp³-hybridized carbons (Fsp3) is 0.114. The van der Waals surface area contributed by atoms with Crippen molar-refractivity contribution >= 4 is 55.7 Å². The number of fused-ring (bicyclic) bond motifs is 8. The summed E-state index contributed by atoms with van der Waals surface area (Å²) in [5.41, 5.74) is 24.8. The fourth-order valence-corrected chi connectivity index (χ4v) is 12.4. The van der Waals surface area contributed by atoms with Crippen molar-refractivity contribution in [3.8, 4) is 44.5 Å². The van der Waals surface area contributed by atoms with Gasteiger partial charge in [-0.05, 0) is 175 Å². The van der Waals surface area contributed by atoms with E-state index in [2.05, 4.69) is 282 Å². The summed E-state index contributed by atoms with van der Waals surface area (Å²) in [5.74, 6) is 0. The van der Waals surface area contributed by atoms with Gasteiger partial charge in [0.15, 0.2) is 0 Å². The predicted molar refractivity (Wildman–Crippen MR) is 306 cm³/mol. The van der Waals surface area contributed by atoms with Crippen LogP contribution in [0.4, 0.5) is 34.1 Å². The summed E-state index contributed by atoms with van der Waals surface area (Å²) in [5, 5.41) is 4.90. The van der Waals surface area contributed by atoms with Crippen LogP contribution in [0.5, 0.6) is 0 Å². The molecule has 0 fully saturated rings. The van der Waals surface area contributed by atoms with Crippen molar-refractivity contribution in [2.75, 3.05) is 9.80 Å². The first kappa shape index (κ1) is 43.6. The van der Waals surface area contributed by atoms with Crippen LogP contribution in [-0.4, -0.2) is 0 Å². The highest BCUT2D eigenvalue weighted by Crippen LogP contribution is 2.59. The van der Waals surface area contributed by atoms with Crippen LogP contribution in [-0.2, 0) is 10.8 Å². The van der Waals surface area contributed by atoms with E-state index in [0.29, 0.717) is 0 Å². The summed E-state index contributed by atoms with van der Waals surface area (Å²) in [6, 6.07) is 85.5. The first-order valence-corrected chi connectivity index (χ1v) is 25.4. The maximum atomic E-state index is 2.57. The van der Waals surface area contributed by atoms with E-state index >= 15 is 0 Å². The number of anilines is 6. The number of benzene rings is 11. The molecule has 0 aliphatic heterocycles. The molecular weight excluding hydrogens is 869 g/mol. The van der Waals surface area contributed by atoms with Gasteiger partial charge in [-0.25, -0.2) is 0 Å². The van der Waals surface area contributed by atoms with Gasteiger partial charge in [0.1, 0.15) is 0 Å². The smallest absolute Gasteiger partial charge is 0.0540 e. The van der Waals surface area contributed by atoms with E-state index in [-0.39, 0.29) is 10.8 Å². The zero-order valence-electron chi connectivity index (χ0n) is 41.8. The van der Waals surface area contributed by atoms with E-state index in [1.807, 2.05) is 0 Å². The molecule has 346 valence electrons. The zero-order chi connectivity index (χ0) is 48.9. The molecule has 0 unspecified atom stereocenters. The molecule has 2 aliphatic rings. The summed E-state index contributed by atoms with van der Waals surface area (Å²) < 4.78 is 0. The lowest BCUT2D eigenvalue weighted by Crippen LogP contribution is -2.18. The second kappa shape index (κ2) is 16.6. The lowest BCUT2D eigenvalue weighted by molar-refractivity contribution is 0.652. The summed E-state index contributed by atoms with van der Waals surface area (Å²) in [7, 11) is 0. The van der Waals surface area contributed by atoms with E-state index in [0.717, 1.165) is 11.4 Å². The number of aryl methyl sites for hydroxylation is 2. The van der Waals surface area contributed by atoms with Gasteiger partial charge in [0.25, 0.3) is 0 Å². The summed E-state index contributed by atoms with van der Waals surface area (Å²) in [4.78, 5) is 4.97. The topological polar surface area (TPSA) is 6.48 Å². The van der Waals surface area contributed by atoms with Crippen molar-refractivity contribution in [3.63, 3.8) is 0 Å². The average molecular weight is 925 g/mol. The van der Waals surface area contributed by atoms with Crippen molar-refractivity contribution in [3.05, 3.63) is 264 Å². The molecule has 0 bridgehead atoms. The van der Waals surface area contributed by atoms with Gasteiger partial charge < -0.3 is 9.80 Å². The van der Waals surface area contributed by atoms with Gasteiger partial charge in [-0.1, -0.05) is 185 Å². The molecule has 11 aromatic rings. The lowest BCUT2D eigenvalue weighted by atomic mass is 9.79. The van der Waals surface area contributed by atoms with E-state index in [9.17, 15) is 0 Å². The predicted octanol–water partition coefficient (Wildman–Crippen LogP) is 19.5. The highest BCUT2D eigenvalue weighted by Gasteiger charge is 2.43. The van der Waals surface area contributed by atoms with Crippen LogP contribution in [0, 0.1) is 13.8 Å². The Morgan fingerprint density at radius 2 is 0.653 bits per heavy atom. The van der Waals surface area contributed by atoms with Gasteiger partial charge >= 0.3 is 0 Å². The first-order valence-electron chi connectivity index (χ1n) is 25.4. The molecule has 2 heteroatoms. The minimum absolute atomic E-state index is 0.257. The molecule has 2 nitrogen and oxygen atoms in total. The van der Waals surface area contributed by atoms with Crippen LogP contribution in [0.25, 0.3) is 66.1 Å². The van der Waals surface area contributed by atoms with Crippen molar-refractivity contribution in [1.82, 2.24) is 0 Å². The number of nitrogens with zero attached hydrogens (tertiary/aromatic N) is 2. The largest absolute Gasteiger partial charge is 0.310 e. The second-order valence-corrected chi connectivity index (χ2v) is 21.1. The van der Waals surface area contributed by atoms with Gasteiger partial charge in [-0.15, -0.1) is 0 Å². The van der Waals surface area contributed by atoms with E-state index in [1.165, 1.54) is 122 Å². The Morgan fingerprint density at radius 3 is 1.08 bits per heavy atom. The Balaban J connectivity index is 0.950. The lowest BCUT2D eigenvalue weighted by Gasteiger charge is -2.30. The van der Waals surface area contributed by atoms with E-state index in [1.54, 1.807) is 0 Å². The van der Waals surface area contributed by atoms with Crippen molar-refractivity contribution in [2.24, 2.45) is 0 Å². The second-order valence-electron chi connectivity index (χ2n) is 21.1. The Kier molecular flexibility index (Phi) is 10.0. The minimum atomic E-state index is -0.257. The van der Waals surface area contributed by atoms with Crippen LogP contribution in [0.3, 0.4) is 0 Å². The van der Waals surface area contributed by atoms with Crippen molar-refractivity contribution in [2.45, 2.75) is 52.4 Å². The standard InChI is InChI=1S/C70H56N2/c1-45-37-55(71(65-35-19-27-49-25-13-15-33-57(49)65)53-31-17-29-51(39-53)47-21-9-7-10-22-47)41-63-67(45)59-43-62-60(44-61(59)69(63,3)4)68-46(2)38-56(42-64(68)70(62,5)6)72(66-36-20-28-50-26-14-16-34-58(50)66)54-32-18-30-52(40-54)48-23-11-8-12-24-48/h7-44H,1-6H3. The molecule has 0 radical (unpaired) electrons. The van der Waals surface area contributed by atoms with Crippen LogP contribution < -0.4 is 9.80 Å². The SMILES string of the molecule is Cc1cc(N(c2cccc(-c3ccccc3)c2)c2cccc3ccccc23)cc2c1-c1cc3c(cc1C2(C)C)-c1c(C)cc(N(c2cccc(-c4ccccc4)c2)c2cccc4ccccc24)cc1C3(C)C. The Hall–Kier alpha value is -8.46. The highest BCUT2D eigenvalue weighted by molar-refractivity contribution is 6.02. The van der Waals surface area contributed by atoms with Gasteiger partial charge in [-0.3, -0.25) is 0 Å². The van der Waals surface area contributed by atoms with Gasteiger partial charge in [-0.2, -0.15) is 0 Å². The Bertz CT molecular complexity index is 3680. The Morgan fingerprint density at radius 1 is 0.292 bits per heavy atom. The number of hydrogen-bond acceptors (Lipinski definition) is 2. The van der Waals surface area contributed by atoms with E-state index < -0.39 is 0 Å². The molecule has 11 aromatic carbocycles. The maximum Gasteiger partial charge on any atom is 0.0540 e. The van der Waals surface area contributed by atoms with E-state index in [4.69, 9.17) is 0 Å². The molecule has 13 rings (SSSR count). The van der Waals surface area contributed by atoms with Crippen molar-refractivity contribution < 1.29 is 0 Å². The summed E-state index contributed by atoms with van der Waals surface area (Å²) in [6.07, 6.45) is 0. The third-order valence-corrected chi connectivity index (χ3v) is 16.0. The molecule has 0 saturated carbocycles. The molecule has 72 heavy (non-hydrogen) atoms. The summed E-state index contributed by atoms with van der Waals surface area (Å²) in [6.45, 7) is 14.4. The normalized spacial score (nSPS) is 13.6. The molecule has 0 spiro atoms. The molecule has 0 saturated heterocycles. The third-order valence-electron chi connectivity index (χ3n) is 16.0. The Labute approximate surface area is 424 Å². The van der Waals surface area contributed by atoms with Crippen LogP contribution in [0.1, 0.15) is 61.1 Å². The quantitative estimate of drug-likeness (QED) is 0.150. The summed E-state index contributed by atoms with van der Waals surface area (Å²) >= 11 is 0. The molecule has 0 atom stereocenters. The third kappa shape index (κ3) is 6.84. The maximum absolute atomic E-state index is 2.57. The highest BCUT2D eigenvalue weighted by atomic mass is 15.1. The van der Waals surface area contributed by atoms with Gasteiger partial charge in [0.05, 0.1) is 11.4 Å².